The van der Waals surface area contributed by atoms with Crippen molar-refractivity contribution >= 4 is 5.97 Å². The molecule has 0 aromatic heterocycles. The van der Waals surface area contributed by atoms with Crippen LogP contribution in [0.2, 0.25) is 0 Å². The highest BCUT2D eigenvalue weighted by Gasteiger charge is 2.41. The summed E-state index contributed by atoms with van der Waals surface area (Å²) >= 11 is 0. The van der Waals surface area contributed by atoms with Crippen molar-refractivity contribution in [3.63, 3.8) is 0 Å². The predicted octanol–water partition coefficient (Wildman–Crippen LogP) is 1.75. The van der Waals surface area contributed by atoms with Gasteiger partial charge in [0.1, 0.15) is 0 Å². The van der Waals surface area contributed by atoms with Crippen molar-refractivity contribution in [3.05, 3.63) is 0 Å². The Morgan fingerprint density at radius 1 is 1.44 bits per heavy atom. The predicted molar refractivity (Wildman–Crippen MR) is 62.1 cm³/mol. The van der Waals surface area contributed by atoms with Crippen molar-refractivity contribution in [3.8, 4) is 0 Å². The average molecular weight is 232 g/mol. The topological polar surface area (TPSA) is 55.8 Å². The monoisotopic (exact) mass is 232 g/mol. The first kappa shape index (κ1) is 15.4. The number of ether oxygens (including phenoxy) is 2. The lowest BCUT2D eigenvalue weighted by molar-refractivity contribution is -0.172. The molecular formula is C12H24O4. The summed E-state index contributed by atoms with van der Waals surface area (Å²) in [7, 11) is 1.61. The average Bonchev–Trinajstić information content (AvgIpc) is 2.26. The highest BCUT2D eigenvalue weighted by atomic mass is 16.5. The third kappa shape index (κ3) is 4.10. The molecule has 0 saturated heterocycles. The molecule has 2 unspecified atom stereocenters. The highest BCUT2D eigenvalue weighted by Crippen LogP contribution is 2.27. The van der Waals surface area contributed by atoms with E-state index in [2.05, 4.69) is 0 Å². The highest BCUT2D eigenvalue weighted by molar-refractivity contribution is 5.79. The zero-order chi connectivity index (χ0) is 12.6. The fourth-order valence-corrected chi connectivity index (χ4v) is 1.72. The van der Waals surface area contributed by atoms with E-state index in [-0.39, 0.29) is 5.92 Å². The molecule has 0 aromatic rings. The van der Waals surface area contributed by atoms with Gasteiger partial charge in [-0.05, 0) is 25.7 Å². The molecule has 16 heavy (non-hydrogen) atoms. The van der Waals surface area contributed by atoms with Gasteiger partial charge in [-0.1, -0.05) is 20.3 Å². The van der Waals surface area contributed by atoms with Crippen molar-refractivity contribution < 1.29 is 19.4 Å². The van der Waals surface area contributed by atoms with Gasteiger partial charge in [0.15, 0.2) is 5.60 Å². The first-order valence-electron chi connectivity index (χ1n) is 5.91. The molecule has 0 aliphatic heterocycles. The molecule has 0 fully saturated rings. The molecule has 0 aliphatic rings. The Morgan fingerprint density at radius 2 is 2.06 bits per heavy atom. The SMILES string of the molecule is CCCC(O)(C(=O)OCC)C(C)CCOC. The van der Waals surface area contributed by atoms with E-state index in [1.807, 2.05) is 13.8 Å². The molecule has 0 saturated carbocycles. The first-order valence-corrected chi connectivity index (χ1v) is 5.91. The van der Waals surface area contributed by atoms with Crippen LogP contribution in [0.3, 0.4) is 0 Å². The summed E-state index contributed by atoms with van der Waals surface area (Å²) in [6.45, 7) is 6.36. The third-order valence-corrected chi connectivity index (χ3v) is 2.83. The van der Waals surface area contributed by atoms with Crippen LogP contribution in [0, 0.1) is 5.92 Å². The Kier molecular flexibility index (Phi) is 7.34. The Balaban J connectivity index is 4.58. The van der Waals surface area contributed by atoms with Gasteiger partial charge in [-0.25, -0.2) is 4.79 Å². The van der Waals surface area contributed by atoms with Crippen molar-refractivity contribution in [2.75, 3.05) is 20.3 Å². The molecule has 0 bridgehead atoms. The molecule has 96 valence electrons. The van der Waals surface area contributed by atoms with E-state index >= 15 is 0 Å². The fourth-order valence-electron chi connectivity index (χ4n) is 1.72. The van der Waals surface area contributed by atoms with Crippen molar-refractivity contribution in [1.29, 1.82) is 0 Å². The number of carbonyl (C=O) groups is 1. The Labute approximate surface area is 97.9 Å². The first-order chi connectivity index (χ1) is 7.52. The van der Waals surface area contributed by atoms with Gasteiger partial charge in [0.25, 0.3) is 0 Å². The number of rotatable bonds is 8. The van der Waals surface area contributed by atoms with Crippen LogP contribution in [0.25, 0.3) is 0 Å². The summed E-state index contributed by atoms with van der Waals surface area (Å²) in [5, 5.41) is 10.4. The minimum absolute atomic E-state index is 0.161. The molecule has 0 amide bonds. The Hall–Kier alpha value is -0.610. The molecule has 0 rings (SSSR count). The molecule has 4 nitrogen and oxygen atoms in total. The van der Waals surface area contributed by atoms with Crippen molar-refractivity contribution in [1.82, 2.24) is 0 Å². The smallest absolute Gasteiger partial charge is 0.338 e. The second kappa shape index (κ2) is 7.63. The van der Waals surface area contributed by atoms with Gasteiger partial charge < -0.3 is 14.6 Å². The summed E-state index contributed by atoms with van der Waals surface area (Å²) in [6, 6.07) is 0. The summed E-state index contributed by atoms with van der Waals surface area (Å²) < 4.78 is 9.89. The van der Waals surface area contributed by atoms with Crippen LogP contribution in [0.4, 0.5) is 0 Å². The van der Waals surface area contributed by atoms with Crippen LogP contribution in [0.5, 0.6) is 0 Å². The van der Waals surface area contributed by atoms with Crippen molar-refractivity contribution in [2.45, 2.75) is 45.6 Å². The van der Waals surface area contributed by atoms with E-state index in [1.54, 1.807) is 14.0 Å². The lowest BCUT2D eigenvalue weighted by Gasteiger charge is -2.31. The van der Waals surface area contributed by atoms with E-state index in [1.165, 1.54) is 0 Å². The van der Waals surface area contributed by atoms with Crippen LogP contribution in [-0.2, 0) is 14.3 Å². The van der Waals surface area contributed by atoms with E-state index in [0.29, 0.717) is 26.1 Å². The summed E-state index contributed by atoms with van der Waals surface area (Å²) in [5.41, 5.74) is -1.37. The van der Waals surface area contributed by atoms with Crippen LogP contribution in [0.15, 0.2) is 0 Å². The normalized spacial score (nSPS) is 16.6. The van der Waals surface area contributed by atoms with Gasteiger partial charge in [0.2, 0.25) is 0 Å². The van der Waals surface area contributed by atoms with Crippen LogP contribution in [0.1, 0.15) is 40.0 Å². The molecular weight excluding hydrogens is 208 g/mol. The van der Waals surface area contributed by atoms with E-state index in [9.17, 15) is 9.90 Å². The number of esters is 1. The van der Waals surface area contributed by atoms with E-state index < -0.39 is 11.6 Å². The maximum absolute atomic E-state index is 11.7. The minimum atomic E-state index is -1.37. The molecule has 0 radical (unpaired) electrons. The standard InChI is InChI=1S/C12H24O4/c1-5-8-12(14,11(13)16-6-2)10(3)7-9-15-4/h10,14H,5-9H2,1-4H3. The Bertz CT molecular complexity index is 205. The minimum Gasteiger partial charge on any atom is -0.464 e. The maximum atomic E-state index is 11.7. The second-order valence-corrected chi connectivity index (χ2v) is 4.08. The van der Waals surface area contributed by atoms with Crippen LogP contribution in [-0.4, -0.2) is 37.0 Å². The number of aliphatic hydroxyl groups is 1. The number of carbonyl (C=O) groups excluding carboxylic acids is 1. The number of hydrogen-bond donors (Lipinski definition) is 1. The third-order valence-electron chi connectivity index (χ3n) is 2.83. The Morgan fingerprint density at radius 3 is 2.50 bits per heavy atom. The lowest BCUT2D eigenvalue weighted by atomic mass is 9.83. The van der Waals surface area contributed by atoms with Gasteiger partial charge in [-0.3, -0.25) is 0 Å². The zero-order valence-electron chi connectivity index (χ0n) is 10.8. The fraction of sp³-hybridized carbons (Fsp3) is 0.917. The quantitative estimate of drug-likeness (QED) is 0.648. The van der Waals surface area contributed by atoms with Gasteiger partial charge in [-0.2, -0.15) is 0 Å². The van der Waals surface area contributed by atoms with E-state index in [0.717, 1.165) is 6.42 Å². The molecule has 0 heterocycles. The number of methoxy groups -OCH3 is 1. The lowest BCUT2D eigenvalue weighted by Crippen LogP contribution is -2.46. The second-order valence-electron chi connectivity index (χ2n) is 4.08. The maximum Gasteiger partial charge on any atom is 0.338 e. The molecule has 0 spiro atoms. The molecule has 4 heteroatoms. The van der Waals surface area contributed by atoms with Gasteiger partial charge in [-0.15, -0.1) is 0 Å². The van der Waals surface area contributed by atoms with Crippen molar-refractivity contribution in [2.24, 2.45) is 5.92 Å². The molecule has 0 aliphatic carbocycles. The largest absolute Gasteiger partial charge is 0.464 e. The number of hydrogen-bond acceptors (Lipinski definition) is 4. The van der Waals surface area contributed by atoms with Crippen LogP contribution >= 0.6 is 0 Å². The van der Waals surface area contributed by atoms with Crippen LogP contribution < -0.4 is 0 Å². The summed E-state index contributed by atoms with van der Waals surface area (Å²) in [4.78, 5) is 11.7. The van der Waals surface area contributed by atoms with Gasteiger partial charge >= 0.3 is 5.97 Å². The zero-order valence-corrected chi connectivity index (χ0v) is 10.8. The van der Waals surface area contributed by atoms with E-state index in [4.69, 9.17) is 9.47 Å². The summed E-state index contributed by atoms with van der Waals surface area (Å²) in [5.74, 6) is -0.674. The summed E-state index contributed by atoms with van der Waals surface area (Å²) in [6.07, 6.45) is 1.81. The van der Waals surface area contributed by atoms with Gasteiger partial charge in [0, 0.05) is 13.7 Å². The molecule has 1 N–H and O–H groups in total. The molecule has 0 aromatic carbocycles. The van der Waals surface area contributed by atoms with Gasteiger partial charge in [0.05, 0.1) is 6.61 Å². The molecule has 2 atom stereocenters.